The van der Waals surface area contributed by atoms with Crippen LogP contribution in [0.3, 0.4) is 0 Å². The van der Waals surface area contributed by atoms with Crippen molar-refractivity contribution >= 4 is 17.9 Å². The summed E-state index contributed by atoms with van der Waals surface area (Å²) >= 11 is 0. The SMILES string of the molecule is CCCCC/C=C\C/C=C\CCCCCCCCCCCC(=O)OC(COC(=O)CCCCCCCC)COC(=O)CCCCCCCCCCCCCCCCCCCCCCCCCCCCCCCCCCC. The van der Waals surface area contributed by atoms with E-state index in [2.05, 4.69) is 45.1 Å². The van der Waals surface area contributed by atoms with E-state index >= 15 is 0 Å². The average Bonchev–Trinajstić information content (AvgIpc) is 3.42. The van der Waals surface area contributed by atoms with Crippen LogP contribution >= 0.6 is 0 Å². The van der Waals surface area contributed by atoms with Crippen LogP contribution in [0.15, 0.2) is 24.3 Å². The van der Waals surface area contributed by atoms with Gasteiger partial charge in [0.1, 0.15) is 13.2 Å². The van der Waals surface area contributed by atoms with Crippen LogP contribution in [0, 0.1) is 0 Å². The molecule has 0 aliphatic heterocycles. The molecule has 1 atom stereocenters. The summed E-state index contributed by atoms with van der Waals surface area (Å²) in [6.45, 7) is 6.62. The van der Waals surface area contributed by atoms with Crippen molar-refractivity contribution in [1.29, 1.82) is 0 Å². The summed E-state index contributed by atoms with van der Waals surface area (Å²) in [5.41, 5.74) is 0. The largest absolute Gasteiger partial charge is 0.462 e. The average molecular weight is 1070 g/mol. The molecule has 0 fully saturated rings. The first-order chi connectivity index (χ1) is 37.5. The summed E-state index contributed by atoms with van der Waals surface area (Å²) in [7, 11) is 0. The lowest BCUT2D eigenvalue weighted by Gasteiger charge is -2.18. The zero-order chi connectivity index (χ0) is 55.0. The molecule has 1 unspecified atom stereocenters. The van der Waals surface area contributed by atoms with Crippen LogP contribution < -0.4 is 0 Å². The van der Waals surface area contributed by atoms with Gasteiger partial charge in [0.25, 0.3) is 0 Å². The van der Waals surface area contributed by atoms with Gasteiger partial charge in [0.15, 0.2) is 6.10 Å². The minimum absolute atomic E-state index is 0.0681. The Labute approximate surface area is 474 Å². The lowest BCUT2D eigenvalue weighted by molar-refractivity contribution is -0.167. The molecular weight excluding hydrogens is 937 g/mol. The smallest absolute Gasteiger partial charge is 0.306 e. The molecule has 0 N–H and O–H groups in total. The molecule has 6 nitrogen and oxygen atoms in total. The molecule has 0 amide bonds. The van der Waals surface area contributed by atoms with E-state index < -0.39 is 6.10 Å². The van der Waals surface area contributed by atoms with Crippen molar-refractivity contribution < 1.29 is 28.6 Å². The van der Waals surface area contributed by atoms with Gasteiger partial charge < -0.3 is 14.2 Å². The highest BCUT2D eigenvalue weighted by molar-refractivity contribution is 5.71. The third-order valence-corrected chi connectivity index (χ3v) is 15.7. The molecule has 0 saturated heterocycles. The van der Waals surface area contributed by atoms with Gasteiger partial charge in [-0.25, -0.2) is 0 Å². The van der Waals surface area contributed by atoms with Crippen LogP contribution in [-0.4, -0.2) is 37.2 Å². The zero-order valence-corrected chi connectivity index (χ0v) is 51.6. The van der Waals surface area contributed by atoms with E-state index in [0.29, 0.717) is 19.3 Å². The molecule has 6 heteroatoms. The van der Waals surface area contributed by atoms with Crippen LogP contribution in [0.2, 0.25) is 0 Å². The first kappa shape index (κ1) is 73.9. The third-order valence-electron chi connectivity index (χ3n) is 15.7. The van der Waals surface area contributed by atoms with Gasteiger partial charge in [-0.3, -0.25) is 14.4 Å². The van der Waals surface area contributed by atoms with E-state index in [1.165, 1.54) is 283 Å². The molecule has 448 valence electrons. The Morgan fingerprint density at radius 2 is 0.474 bits per heavy atom. The summed E-state index contributed by atoms with van der Waals surface area (Å²) in [6.07, 6.45) is 79.7. The Morgan fingerprint density at radius 3 is 0.750 bits per heavy atom. The highest BCUT2D eigenvalue weighted by Gasteiger charge is 2.19. The Hall–Kier alpha value is -2.11. The highest BCUT2D eigenvalue weighted by Crippen LogP contribution is 2.19. The van der Waals surface area contributed by atoms with E-state index in [1.54, 1.807) is 0 Å². The van der Waals surface area contributed by atoms with Crippen LogP contribution in [0.4, 0.5) is 0 Å². The van der Waals surface area contributed by atoms with E-state index in [0.717, 1.165) is 64.2 Å². The van der Waals surface area contributed by atoms with Gasteiger partial charge >= 0.3 is 17.9 Å². The number of rotatable bonds is 64. The number of hydrogen-bond donors (Lipinski definition) is 0. The molecule has 0 heterocycles. The molecule has 76 heavy (non-hydrogen) atoms. The van der Waals surface area contributed by atoms with Gasteiger partial charge in [-0.05, 0) is 51.4 Å². The van der Waals surface area contributed by atoms with Gasteiger partial charge in [-0.2, -0.15) is 0 Å². The van der Waals surface area contributed by atoms with E-state index in [1.807, 2.05) is 0 Å². The van der Waals surface area contributed by atoms with Crippen molar-refractivity contribution in [2.24, 2.45) is 0 Å². The van der Waals surface area contributed by atoms with Crippen molar-refractivity contribution in [3.63, 3.8) is 0 Å². The van der Waals surface area contributed by atoms with Crippen molar-refractivity contribution in [2.75, 3.05) is 13.2 Å². The molecular formula is C70H132O6. The quantitative estimate of drug-likeness (QED) is 0.0261. The molecule has 0 aliphatic carbocycles. The number of allylic oxidation sites excluding steroid dienone is 4. The van der Waals surface area contributed by atoms with E-state index in [4.69, 9.17) is 14.2 Å². The minimum Gasteiger partial charge on any atom is -0.462 e. The van der Waals surface area contributed by atoms with E-state index in [-0.39, 0.29) is 31.1 Å². The van der Waals surface area contributed by atoms with Crippen molar-refractivity contribution in [3.8, 4) is 0 Å². The summed E-state index contributed by atoms with van der Waals surface area (Å²) in [4.78, 5) is 38.0. The standard InChI is InChI=1S/C70H132O6/c1-4-7-10-13-16-18-20-22-24-26-28-29-30-31-32-33-34-35-36-37-38-39-40-41-43-44-46-48-50-52-54-57-60-63-69(72)75-66-67(65-74-68(71)62-59-56-15-12-9-6-3)76-70(73)64-61-58-55-53-51-49-47-45-42-27-25-23-21-19-17-14-11-8-5-2/h17,19,23,25,67H,4-16,18,20-22,24,26-66H2,1-3H3/b19-17-,25-23-. The van der Waals surface area contributed by atoms with Gasteiger partial charge in [0.05, 0.1) is 0 Å². The van der Waals surface area contributed by atoms with Crippen molar-refractivity contribution in [1.82, 2.24) is 0 Å². The predicted molar refractivity (Wildman–Crippen MR) is 330 cm³/mol. The molecule has 0 aliphatic rings. The fourth-order valence-corrected chi connectivity index (χ4v) is 10.5. The van der Waals surface area contributed by atoms with Crippen LogP contribution in [0.1, 0.15) is 387 Å². The second kappa shape index (κ2) is 65.4. The second-order valence-corrected chi connectivity index (χ2v) is 23.5. The maximum atomic E-state index is 12.8. The fourth-order valence-electron chi connectivity index (χ4n) is 10.5. The molecule has 0 bridgehead atoms. The number of carbonyl (C=O) groups is 3. The Morgan fingerprint density at radius 1 is 0.263 bits per heavy atom. The molecule has 0 saturated carbocycles. The predicted octanol–water partition coefficient (Wildman–Crippen LogP) is 23.4. The lowest BCUT2D eigenvalue weighted by atomic mass is 10.0. The first-order valence-corrected chi connectivity index (χ1v) is 34.3. The van der Waals surface area contributed by atoms with Crippen molar-refractivity contribution in [3.05, 3.63) is 24.3 Å². The monoisotopic (exact) mass is 1070 g/mol. The normalized spacial score (nSPS) is 12.1. The number of hydrogen-bond acceptors (Lipinski definition) is 6. The van der Waals surface area contributed by atoms with Gasteiger partial charge in [-0.15, -0.1) is 0 Å². The third kappa shape index (κ3) is 62.7. The van der Waals surface area contributed by atoms with Crippen molar-refractivity contribution in [2.45, 2.75) is 393 Å². The summed E-state index contributed by atoms with van der Waals surface area (Å²) < 4.78 is 16.8. The van der Waals surface area contributed by atoms with E-state index in [9.17, 15) is 14.4 Å². The van der Waals surface area contributed by atoms with Crippen LogP contribution in [0.25, 0.3) is 0 Å². The number of esters is 3. The number of carbonyl (C=O) groups excluding carboxylic acids is 3. The molecule has 0 aromatic rings. The molecule has 0 aromatic carbocycles. The summed E-state index contributed by atoms with van der Waals surface area (Å²) in [5.74, 6) is -0.859. The molecule has 0 aromatic heterocycles. The van der Waals surface area contributed by atoms with Gasteiger partial charge in [0.2, 0.25) is 0 Å². The Kier molecular flexibility index (Phi) is 63.6. The Balaban J connectivity index is 3.91. The first-order valence-electron chi connectivity index (χ1n) is 34.3. The molecule has 0 rings (SSSR count). The Bertz CT molecular complexity index is 1230. The maximum Gasteiger partial charge on any atom is 0.306 e. The summed E-state index contributed by atoms with van der Waals surface area (Å²) in [6, 6.07) is 0. The van der Waals surface area contributed by atoms with Crippen LogP contribution in [0.5, 0.6) is 0 Å². The minimum atomic E-state index is -0.768. The molecule has 0 radical (unpaired) electrons. The zero-order valence-electron chi connectivity index (χ0n) is 51.6. The maximum absolute atomic E-state index is 12.8. The number of unbranched alkanes of at least 4 members (excludes halogenated alkanes) is 49. The number of ether oxygens (including phenoxy) is 3. The van der Waals surface area contributed by atoms with Gasteiger partial charge in [0, 0.05) is 19.3 Å². The van der Waals surface area contributed by atoms with Crippen LogP contribution in [-0.2, 0) is 28.6 Å². The summed E-state index contributed by atoms with van der Waals surface area (Å²) in [5, 5.41) is 0. The second-order valence-electron chi connectivity index (χ2n) is 23.5. The molecule has 0 spiro atoms. The van der Waals surface area contributed by atoms with Gasteiger partial charge in [-0.1, -0.05) is 340 Å². The highest BCUT2D eigenvalue weighted by atomic mass is 16.6. The lowest BCUT2D eigenvalue weighted by Crippen LogP contribution is -2.30. The fraction of sp³-hybridized carbons (Fsp3) is 0.900. The topological polar surface area (TPSA) is 78.9 Å².